The van der Waals surface area contributed by atoms with Gasteiger partial charge >= 0.3 is 0 Å². The van der Waals surface area contributed by atoms with Gasteiger partial charge < -0.3 is 30.0 Å². The first-order valence-electron chi connectivity index (χ1n) is 10.7. The minimum absolute atomic E-state index is 0.0140. The van der Waals surface area contributed by atoms with Crippen LogP contribution in [-0.4, -0.2) is 50.9 Å². The summed E-state index contributed by atoms with van der Waals surface area (Å²) in [5.74, 6) is 1.70. The topological polar surface area (TPSA) is 72.0 Å². The molecule has 1 heterocycles. The number of anilines is 1. The number of methoxy groups -OCH3 is 1. The molecule has 6 nitrogen and oxygen atoms in total. The van der Waals surface area contributed by atoms with Gasteiger partial charge in [-0.25, -0.2) is 0 Å². The minimum Gasteiger partial charge on any atom is -0.495 e. The largest absolute Gasteiger partial charge is 0.495 e. The number of aliphatic hydroxyl groups is 1. The van der Waals surface area contributed by atoms with E-state index in [9.17, 15) is 5.11 Å². The molecule has 1 aliphatic heterocycles. The number of allylic oxidation sites excluding steroid dienone is 3. The highest BCUT2D eigenvalue weighted by molar-refractivity contribution is 5.56. The quantitative estimate of drug-likeness (QED) is 0.479. The van der Waals surface area contributed by atoms with Crippen LogP contribution in [-0.2, 0) is 9.47 Å². The Balaban J connectivity index is 1.25. The van der Waals surface area contributed by atoms with E-state index < -0.39 is 6.29 Å². The van der Waals surface area contributed by atoms with E-state index in [0.29, 0.717) is 6.42 Å². The summed E-state index contributed by atoms with van der Waals surface area (Å²) in [6, 6.07) is 7.94. The Bertz CT molecular complexity index is 800. The Labute approximate surface area is 179 Å². The molecule has 0 amide bonds. The number of ether oxygens (including phenoxy) is 3. The van der Waals surface area contributed by atoms with Gasteiger partial charge in [0.1, 0.15) is 11.5 Å². The molecule has 1 aromatic carbocycles. The molecule has 0 aromatic heterocycles. The van der Waals surface area contributed by atoms with Crippen LogP contribution in [0.1, 0.15) is 33.1 Å². The van der Waals surface area contributed by atoms with E-state index in [1.165, 1.54) is 0 Å². The van der Waals surface area contributed by atoms with E-state index in [4.69, 9.17) is 14.2 Å². The number of aliphatic hydroxyl groups excluding tert-OH is 1. The highest BCUT2D eigenvalue weighted by Gasteiger charge is 2.27. The summed E-state index contributed by atoms with van der Waals surface area (Å²) in [6.45, 7) is 7.36. The second kappa shape index (κ2) is 11.2. The van der Waals surface area contributed by atoms with Crippen LogP contribution in [0.3, 0.4) is 0 Å². The van der Waals surface area contributed by atoms with Crippen LogP contribution >= 0.6 is 0 Å². The third kappa shape index (κ3) is 5.88. The first-order chi connectivity index (χ1) is 14.6. The van der Waals surface area contributed by atoms with Gasteiger partial charge in [-0.05, 0) is 56.5 Å². The maximum atomic E-state index is 10.0. The lowest BCUT2D eigenvalue weighted by atomic mass is 9.92. The Kier molecular flexibility index (Phi) is 8.37. The Morgan fingerprint density at radius 2 is 1.97 bits per heavy atom. The lowest BCUT2D eigenvalue weighted by molar-refractivity contribution is -0.0508. The van der Waals surface area contributed by atoms with Gasteiger partial charge in [-0.15, -0.1) is 0 Å². The van der Waals surface area contributed by atoms with Gasteiger partial charge in [-0.2, -0.15) is 0 Å². The maximum Gasteiger partial charge on any atom is 0.220 e. The summed E-state index contributed by atoms with van der Waals surface area (Å²) in [5, 5.41) is 16.8. The average Bonchev–Trinajstić information content (AvgIpc) is 2.76. The average molecular weight is 415 g/mol. The normalized spacial score (nSPS) is 20.8. The van der Waals surface area contributed by atoms with Gasteiger partial charge in [0.25, 0.3) is 0 Å². The summed E-state index contributed by atoms with van der Waals surface area (Å²) in [6.07, 6.45) is 6.09. The van der Waals surface area contributed by atoms with Crippen molar-refractivity contribution in [2.45, 2.75) is 45.5 Å². The molecule has 3 rings (SSSR count). The van der Waals surface area contributed by atoms with Gasteiger partial charge in [0.2, 0.25) is 6.29 Å². The minimum atomic E-state index is -0.834. The fraction of sp³-hybridized carbons (Fsp3) is 0.500. The molecule has 1 aromatic rings. The second-order valence-electron chi connectivity index (χ2n) is 7.67. The van der Waals surface area contributed by atoms with Crippen molar-refractivity contribution in [2.75, 3.05) is 38.7 Å². The fourth-order valence-corrected chi connectivity index (χ4v) is 3.63. The Morgan fingerprint density at radius 3 is 2.80 bits per heavy atom. The molecule has 0 spiro atoms. The molecule has 0 bridgehead atoms. The second-order valence-corrected chi connectivity index (χ2v) is 7.67. The van der Waals surface area contributed by atoms with E-state index >= 15 is 0 Å². The Morgan fingerprint density at radius 1 is 1.13 bits per heavy atom. The monoisotopic (exact) mass is 414 g/mol. The zero-order valence-electron chi connectivity index (χ0n) is 18.2. The molecule has 30 heavy (non-hydrogen) atoms. The van der Waals surface area contributed by atoms with Crippen molar-refractivity contribution < 1.29 is 19.3 Å². The number of nitrogens with one attached hydrogen (secondary N) is 2. The highest BCUT2D eigenvalue weighted by atomic mass is 16.6. The molecule has 0 fully saturated rings. The zero-order chi connectivity index (χ0) is 21.3. The third-order valence-electron chi connectivity index (χ3n) is 5.59. The third-order valence-corrected chi connectivity index (χ3v) is 5.59. The molecule has 6 heteroatoms. The lowest BCUT2D eigenvalue weighted by Gasteiger charge is -2.30. The van der Waals surface area contributed by atoms with E-state index in [-0.39, 0.29) is 6.10 Å². The summed E-state index contributed by atoms with van der Waals surface area (Å²) >= 11 is 0. The first-order valence-corrected chi connectivity index (χ1v) is 10.7. The lowest BCUT2D eigenvalue weighted by Crippen LogP contribution is -2.26. The van der Waals surface area contributed by atoms with Crippen molar-refractivity contribution in [3.8, 4) is 5.75 Å². The van der Waals surface area contributed by atoms with Gasteiger partial charge in [0.05, 0.1) is 18.9 Å². The predicted octanol–water partition coefficient (Wildman–Crippen LogP) is 3.76. The molecule has 0 radical (unpaired) electrons. The number of hydrogen-bond donors (Lipinski definition) is 3. The number of unbranched alkanes of at least 4 members (excludes halogenated alkanes) is 1. The molecule has 2 atom stereocenters. The van der Waals surface area contributed by atoms with E-state index in [2.05, 4.69) is 22.8 Å². The number of hydrogen-bond acceptors (Lipinski definition) is 6. The summed E-state index contributed by atoms with van der Waals surface area (Å²) < 4.78 is 17.0. The van der Waals surface area contributed by atoms with Crippen molar-refractivity contribution in [2.24, 2.45) is 0 Å². The molecule has 3 N–H and O–H groups in total. The predicted molar refractivity (Wildman–Crippen MR) is 120 cm³/mol. The van der Waals surface area contributed by atoms with Crippen molar-refractivity contribution in [1.29, 1.82) is 0 Å². The van der Waals surface area contributed by atoms with Crippen molar-refractivity contribution in [1.82, 2.24) is 5.32 Å². The highest BCUT2D eigenvalue weighted by Crippen LogP contribution is 2.34. The fourth-order valence-electron chi connectivity index (χ4n) is 3.63. The molecule has 0 saturated carbocycles. The first kappa shape index (κ1) is 22.4. The van der Waals surface area contributed by atoms with Crippen LogP contribution in [0.5, 0.6) is 5.75 Å². The van der Waals surface area contributed by atoms with E-state index in [1.807, 2.05) is 38.1 Å². The van der Waals surface area contributed by atoms with Gasteiger partial charge in [-0.3, -0.25) is 0 Å². The van der Waals surface area contributed by atoms with Crippen LogP contribution < -0.4 is 15.4 Å². The molecular weight excluding hydrogens is 380 g/mol. The van der Waals surface area contributed by atoms with Crippen LogP contribution in [0.4, 0.5) is 5.69 Å². The SMILES string of the molecule is COc1ccccc1NCCNCCCCOC1C=CC2=C(C1)OC(O)C(C)=C2C. The number of rotatable bonds is 11. The molecule has 164 valence electrons. The van der Waals surface area contributed by atoms with E-state index in [0.717, 1.165) is 73.0 Å². The number of para-hydroxylation sites is 2. The number of benzene rings is 1. The summed E-state index contributed by atoms with van der Waals surface area (Å²) in [4.78, 5) is 0. The maximum absolute atomic E-state index is 10.0. The smallest absolute Gasteiger partial charge is 0.220 e. The van der Waals surface area contributed by atoms with Gasteiger partial charge in [-0.1, -0.05) is 24.3 Å². The van der Waals surface area contributed by atoms with Crippen LogP contribution in [0.25, 0.3) is 0 Å². The standard InChI is InChI=1S/C24H34N2O4/c1-17-18(2)24(27)30-23-16-19(10-11-20(17)23)29-15-7-6-12-25-13-14-26-21-8-4-5-9-22(21)28-3/h4-5,8-11,19,24-27H,6-7,12-16H2,1-3H3. The van der Waals surface area contributed by atoms with Crippen molar-refractivity contribution >= 4 is 5.69 Å². The van der Waals surface area contributed by atoms with Crippen LogP contribution in [0.15, 0.2) is 58.9 Å². The van der Waals surface area contributed by atoms with Crippen LogP contribution in [0, 0.1) is 0 Å². The zero-order valence-corrected chi connectivity index (χ0v) is 18.2. The van der Waals surface area contributed by atoms with Crippen molar-refractivity contribution in [3.05, 3.63) is 58.9 Å². The molecular formula is C24H34N2O4. The van der Waals surface area contributed by atoms with Gasteiger partial charge in [0.15, 0.2) is 0 Å². The molecule has 1 aliphatic carbocycles. The Hall–Kier alpha value is -2.28. The summed E-state index contributed by atoms with van der Waals surface area (Å²) in [5.41, 5.74) is 4.08. The van der Waals surface area contributed by atoms with Gasteiger partial charge in [0, 0.05) is 31.7 Å². The van der Waals surface area contributed by atoms with Crippen molar-refractivity contribution in [3.63, 3.8) is 0 Å². The van der Waals surface area contributed by atoms with Crippen LogP contribution in [0.2, 0.25) is 0 Å². The molecule has 0 saturated heterocycles. The molecule has 2 unspecified atom stereocenters. The summed E-state index contributed by atoms with van der Waals surface area (Å²) in [7, 11) is 1.68. The molecule has 2 aliphatic rings. The van der Waals surface area contributed by atoms with E-state index in [1.54, 1.807) is 7.11 Å².